The van der Waals surface area contributed by atoms with Gasteiger partial charge < -0.3 is 9.62 Å². The Morgan fingerprint density at radius 2 is 1.89 bits per heavy atom. The molecule has 0 unspecified atom stereocenters. The van der Waals surface area contributed by atoms with Gasteiger partial charge in [0.1, 0.15) is 0 Å². The van der Waals surface area contributed by atoms with Crippen molar-refractivity contribution < 1.29 is 9.59 Å². The van der Waals surface area contributed by atoms with Crippen LogP contribution in [0.1, 0.15) is 0 Å². The van der Waals surface area contributed by atoms with Crippen LogP contribution in [0.2, 0.25) is 0 Å². The third kappa shape index (κ3) is 0.800. The van der Waals surface area contributed by atoms with Crippen molar-refractivity contribution >= 4 is 27.9 Å². The molecule has 0 aromatic carbocycles. The molecule has 3 amide bonds. The first-order valence-electron chi connectivity index (χ1n) is 2.27. The van der Waals surface area contributed by atoms with Crippen LogP contribution in [0.25, 0.3) is 0 Å². The molecule has 1 aliphatic heterocycles. The summed E-state index contributed by atoms with van der Waals surface area (Å²) in [5.41, 5.74) is 0. The Labute approximate surface area is 54.7 Å². The Balaban J connectivity index is 2.77. The summed E-state index contributed by atoms with van der Waals surface area (Å²) in [6.07, 6.45) is 0. The first kappa shape index (κ1) is 6.19. The highest BCUT2D eigenvalue weighted by atomic mass is 16.2. The van der Waals surface area contributed by atoms with Crippen LogP contribution < -0.4 is 0 Å². The van der Waals surface area contributed by atoms with Crippen molar-refractivity contribution in [1.29, 1.82) is 0 Å². The van der Waals surface area contributed by atoms with Crippen LogP contribution in [0.15, 0.2) is 0 Å². The molecule has 0 spiro atoms. The van der Waals surface area contributed by atoms with E-state index in [2.05, 4.69) is 0 Å². The van der Waals surface area contributed by atoms with Crippen molar-refractivity contribution in [2.45, 2.75) is 0 Å². The van der Waals surface area contributed by atoms with Crippen molar-refractivity contribution in [1.82, 2.24) is 9.62 Å². The SMILES string of the molecule is [B]N1CC(=O)N([B])C1=O. The molecule has 0 aromatic rings. The largest absolute Gasteiger partial charge is 0.371 e. The average Bonchev–Trinajstić information content (AvgIpc) is 1.98. The Kier molecular flexibility index (Phi) is 1.23. The second kappa shape index (κ2) is 1.79. The second-order valence-electron chi connectivity index (χ2n) is 1.67. The zero-order valence-electron chi connectivity index (χ0n) is 4.57. The van der Waals surface area contributed by atoms with Gasteiger partial charge in [-0.15, -0.1) is 0 Å². The highest BCUT2D eigenvalue weighted by Crippen LogP contribution is 2.01. The Bertz CT molecular complexity index is 171. The topological polar surface area (TPSA) is 40.6 Å². The predicted octanol–water partition coefficient (Wildman–Crippen LogP) is -1.58. The first-order chi connectivity index (χ1) is 4.13. The molecule has 0 atom stereocenters. The van der Waals surface area contributed by atoms with E-state index in [9.17, 15) is 9.59 Å². The van der Waals surface area contributed by atoms with Gasteiger partial charge >= 0.3 is 6.03 Å². The highest BCUT2D eigenvalue weighted by molar-refractivity contribution is 6.32. The van der Waals surface area contributed by atoms with E-state index < -0.39 is 11.9 Å². The van der Waals surface area contributed by atoms with Crippen LogP contribution in [-0.4, -0.2) is 44.1 Å². The summed E-state index contributed by atoms with van der Waals surface area (Å²) < 4.78 is 0. The van der Waals surface area contributed by atoms with Crippen LogP contribution in [0.4, 0.5) is 4.79 Å². The molecule has 0 saturated carbocycles. The lowest BCUT2D eigenvalue weighted by Crippen LogP contribution is -2.29. The minimum atomic E-state index is -0.667. The Hall–Kier alpha value is -0.930. The van der Waals surface area contributed by atoms with Gasteiger partial charge in [0.2, 0.25) is 21.9 Å². The zero-order chi connectivity index (χ0) is 7.02. The quantitative estimate of drug-likeness (QED) is 0.285. The molecule has 1 heterocycles. The molecule has 4 nitrogen and oxygen atoms in total. The van der Waals surface area contributed by atoms with Crippen molar-refractivity contribution in [2.24, 2.45) is 0 Å². The molecule has 42 valence electrons. The van der Waals surface area contributed by atoms with Gasteiger partial charge in [0, 0.05) is 0 Å². The number of urea groups is 1. The highest BCUT2D eigenvalue weighted by Gasteiger charge is 2.28. The van der Waals surface area contributed by atoms with E-state index in [1.165, 1.54) is 0 Å². The van der Waals surface area contributed by atoms with Gasteiger partial charge in [-0.3, -0.25) is 9.59 Å². The summed E-state index contributed by atoms with van der Waals surface area (Å²) in [5, 5.41) is 0. The minimum absolute atomic E-state index is 0.130. The van der Waals surface area contributed by atoms with E-state index in [0.29, 0.717) is 4.81 Å². The van der Waals surface area contributed by atoms with Crippen LogP contribution in [0, 0.1) is 0 Å². The molecular formula is C3H2B2N2O2. The predicted molar refractivity (Wildman–Crippen MR) is 30.5 cm³/mol. The van der Waals surface area contributed by atoms with Gasteiger partial charge in [-0.1, -0.05) is 0 Å². The van der Waals surface area contributed by atoms with Crippen LogP contribution in [0.3, 0.4) is 0 Å². The average molecular weight is 120 g/mol. The molecule has 9 heavy (non-hydrogen) atoms. The monoisotopic (exact) mass is 120 g/mol. The van der Waals surface area contributed by atoms with Crippen molar-refractivity contribution in [2.75, 3.05) is 6.54 Å². The molecule has 4 radical (unpaired) electrons. The number of nitrogens with zero attached hydrogens (tertiary/aromatic N) is 2. The lowest BCUT2D eigenvalue weighted by molar-refractivity contribution is -0.122. The maximum atomic E-state index is 10.5. The smallest absolute Gasteiger partial charge is 0.300 e. The third-order valence-corrected chi connectivity index (χ3v) is 1.03. The fourth-order valence-electron chi connectivity index (χ4n) is 0.535. The van der Waals surface area contributed by atoms with Crippen LogP contribution >= 0.6 is 0 Å². The number of hydrogen-bond donors (Lipinski definition) is 0. The third-order valence-electron chi connectivity index (χ3n) is 1.03. The number of imide groups is 1. The fourth-order valence-corrected chi connectivity index (χ4v) is 0.535. The normalized spacial score (nSPS) is 19.6. The van der Waals surface area contributed by atoms with E-state index in [1.54, 1.807) is 0 Å². The van der Waals surface area contributed by atoms with E-state index in [1.807, 2.05) is 0 Å². The second-order valence-corrected chi connectivity index (χ2v) is 1.67. The van der Waals surface area contributed by atoms with Crippen LogP contribution in [0.5, 0.6) is 0 Å². The molecule has 0 N–H and O–H groups in total. The summed E-state index contributed by atoms with van der Waals surface area (Å²) in [6.45, 7) is -0.130. The summed E-state index contributed by atoms with van der Waals surface area (Å²) in [6, 6.07) is -0.667. The maximum absolute atomic E-state index is 10.5. The number of carbonyl (C=O) groups is 2. The first-order valence-corrected chi connectivity index (χ1v) is 2.27. The van der Waals surface area contributed by atoms with E-state index in [4.69, 9.17) is 16.0 Å². The molecule has 1 fully saturated rings. The van der Waals surface area contributed by atoms with Crippen molar-refractivity contribution in [3.8, 4) is 0 Å². The molecule has 1 saturated heterocycles. The number of rotatable bonds is 0. The fraction of sp³-hybridized carbons (Fsp3) is 0.333. The number of hydrogen-bond acceptors (Lipinski definition) is 2. The van der Waals surface area contributed by atoms with E-state index in [0.717, 1.165) is 4.81 Å². The van der Waals surface area contributed by atoms with E-state index in [-0.39, 0.29) is 6.54 Å². The number of amides is 3. The van der Waals surface area contributed by atoms with Crippen molar-refractivity contribution in [3.63, 3.8) is 0 Å². The number of carbonyl (C=O) groups excluding carboxylic acids is 2. The van der Waals surface area contributed by atoms with Gasteiger partial charge in [0.25, 0.3) is 0 Å². The standard InChI is InChI=1S/C3H2B2N2O2/c4-6-1-2(8)7(5)3(6)9/h1H2. The van der Waals surface area contributed by atoms with Gasteiger partial charge in [-0.25, -0.2) is 0 Å². The van der Waals surface area contributed by atoms with Crippen LogP contribution in [-0.2, 0) is 4.79 Å². The van der Waals surface area contributed by atoms with Gasteiger partial charge in [-0.05, 0) is 0 Å². The molecule has 0 bridgehead atoms. The summed E-state index contributed by atoms with van der Waals surface area (Å²) >= 11 is 0. The summed E-state index contributed by atoms with van der Waals surface area (Å²) in [5.74, 6) is -0.484. The molecule has 0 aliphatic carbocycles. The molecule has 0 aromatic heterocycles. The lowest BCUT2D eigenvalue weighted by Gasteiger charge is -2.06. The van der Waals surface area contributed by atoms with Gasteiger partial charge in [0.05, 0.1) is 6.54 Å². The minimum Gasteiger partial charge on any atom is -0.371 e. The Morgan fingerprint density at radius 3 is 2.00 bits per heavy atom. The summed E-state index contributed by atoms with van der Waals surface area (Å²) in [7, 11) is 9.93. The van der Waals surface area contributed by atoms with Gasteiger partial charge in [0.15, 0.2) is 0 Å². The lowest BCUT2D eigenvalue weighted by atomic mass is 10.3. The Morgan fingerprint density at radius 1 is 1.33 bits per heavy atom. The maximum Gasteiger partial charge on any atom is 0.300 e. The molecule has 1 rings (SSSR count). The zero-order valence-corrected chi connectivity index (χ0v) is 4.57. The van der Waals surface area contributed by atoms with Gasteiger partial charge in [-0.2, -0.15) is 0 Å². The van der Waals surface area contributed by atoms with Crippen molar-refractivity contribution in [3.05, 3.63) is 0 Å². The molecular weight excluding hydrogens is 118 g/mol. The molecule has 1 aliphatic rings. The van der Waals surface area contributed by atoms with E-state index >= 15 is 0 Å². The molecule has 6 heteroatoms. The summed E-state index contributed by atoms with van der Waals surface area (Å²) in [4.78, 5) is 22.2.